The number of hydrogen-bond donors (Lipinski definition) is 1. The highest BCUT2D eigenvalue weighted by molar-refractivity contribution is 7.89. The van der Waals surface area contributed by atoms with Crippen molar-refractivity contribution < 1.29 is 13.2 Å². The standard InChI is InChI=1S/C17H25N3O3S/c21-17(15-4-1-2-5-15)19-12-14-7-10-20(11-8-14)24(22,23)16-6-3-9-18-13-16/h3,6,9,13-15H,1-2,4-5,7-8,10-12H2,(H,19,21). The van der Waals surface area contributed by atoms with Crippen molar-refractivity contribution in [1.29, 1.82) is 0 Å². The van der Waals surface area contributed by atoms with E-state index in [1.165, 1.54) is 10.5 Å². The van der Waals surface area contributed by atoms with Gasteiger partial charge in [-0.3, -0.25) is 9.78 Å². The normalized spacial score (nSPS) is 21.0. The van der Waals surface area contributed by atoms with Gasteiger partial charge in [0.1, 0.15) is 4.90 Å². The number of carbonyl (C=O) groups is 1. The van der Waals surface area contributed by atoms with Gasteiger partial charge in [0.25, 0.3) is 0 Å². The minimum absolute atomic E-state index is 0.179. The van der Waals surface area contributed by atoms with Crippen molar-refractivity contribution in [2.24, 2.45) is 11.8 Å². The summed E-state index contributed by atoms with van der Waals surface area (Å²) in [5.41, 5.74) is 0. The first-order chi connectivity index (χ1) is 11.6. The van der Waals surface area contributed by atoms with Gasteiger partial charge >= 0.3 is 0 Å². The Labute approximate surface area is 143 Å². The van der Waals surface area contributed by atoms with E-state index >= 15 is 0 Å². The summed E-state index contributed by atoms with van der Waals surface area (Å²) in [6.07, 6.45) is 8.85. The maximum atomic E-state index is 12.6. The van der Waals surface area contributed by atoms with Crippen molar-refractivity contribution in [3.63, 3.8) is 0 Å². The Morgan fingerprint density at radius 1 is 1.21 bits per heavy atom. The zero-order valence-electron chi connectivity index (χ0n) is 13.9. The minimum Gasteiger partial charge on any atom is -0.356 e. The third-order valence-corrected chi connectivity index (χ3v) is 7.02. The van der Waals surface area contributed by atoms with Gasteiger partial charge in [0.15, 0.2) is 0 Å². The lowest BCUT2D eigenvalue weighted by atomic mass is 9.97. The molecule has 3 rings (SSSR count). The number of nitrogens with one attached hydrogen (secondary N) is 1. The summed E-state index contributed by atoms with van der Waals surface area (Å²) in [6.45, 7) is 1.67. The molecule has 2 aliphatic rings. The summed E-state index contributed by atoms with van der Waals surface area (Å²) >= 11 is 0. The van der Waals surface area contributed by atoms with Crippen LogP contribution in [-0.2, 0) is 14.8 Å². The van der Waals surface area contributed by atoms with Crippen LogP contribution in [0, 0.1) is 11.8 Å². The van der Waals surface area contributed by atoms with Gasteiger partial charge in [-0.15, -0.1) is 0 Å². The Morgan fingerprint density at radius 2 is 1.92 bits per heavy atom. The second-order valence-electron chi connectivity index (χ2n) is 6.76. The van der Waals surface area contributed by atoms with Crippen LogP contribution in [-0.4, -0.2) is 43.2 Å². The summed E-state index contributed by atoms with van der Waals surface area (Å²) < 4.78 is 26.6. The van der Waals surface area contributed by atoms with Crippen LogP contribution >= 0.6 is 0 Å². The summed E-state index contributed by atoms with van der Waals surface area (Å²) in [4.78, 5) is 16.2. The first-order valence-corrected chi connectivity index (χ1v) is 10.2. The van der Waals surface area contributed by atoms with Crippen LogP contribution in [0.1, 0.15) is 38.5 Å². The Hall–Kier alpha value is -1.47. The van der Waals surface area contributed by atoms with Gasteiger partial charge in [0.2, 0.25) is 15.9 Å². The molecule has 0 aromatic carbocycles. The van der Waals surface area contributed by atoms with Crippen molar-refractivity contribution in [3.8, 4) is 0 Å². The molecule has 1 aliphatic heterocycles. The topological polar surface area (TPSA) is 79.4 Å². The minimum atomic E-state index is -3.45. The van der Waals surface area contributed by atoms with Crippen LogP contribution in [0.4, 0.5) is 0 Å². The molecule has 2 heterocycles. The Morgan fingerprint density at radius 3 is 2.54 bits per heavy atom. The van der Waals surface area contributed by atoms with E-state index in [0.29, 0.717) is 25.6 Å². The van der Waals surface area contributed by atoms with Crippen LogP contribution in [0.5, 0.6) is 0 Å². The molecule has 0 bridgehead atoms. The van der Waals surface area contributed by atoms with E-state index in [2.05, 4.69) is 10.3 Å². The van der Waals surface area contributed by atoms with E-state index in [1.807, 2.05) is 0 Å². The van der Waals surface area contributed by atoms with Gasteiger partial charge in [-0.2, -0.15) is 4.31 Å². The SMILES string of the molecule is O=C(NCC1CCN(S(=O)(=O)c2cccnc2)CC1)C1CCCC1. The molecule has 1 amide bonds. The highest BCUT2D eigenvalue weighted by atomic mass is 32.2. The summed E-state index contributed by atoms with van der Waals surface area (Å²) in [7, 11) is -3.45. The van der Waals surface area contributed by atoms with E-state index < -0.39 is 10.0 Å². The largest absolute Gasteiger partial charge is 0.356 e. The van der Waals surface area contributed by atoms with Gasteiger partial charge in [0.05, 0.1) is 0 Å². The van der Waals surface area contributed by atoms with E-state index in [0.717, 1.165) is 38.5 Å². The quantitative estimate of drug-likeness (QED) is 0.877. The molecule has 1 aliphatic carbocycles. The molecule has 2 fully saturated rings. The summed E-state index contributed by atoms with van der Waals surface area (Å²) in [5.74, 6) is 0.727. The Kier molecular flexibility index (Phi) is 5.50. The number of sulfonamides is 1. The van der Waals surface area contributed by atoms with E-state index in [9.17, 15) is 13.2 Å². The zero-order valence-corrected chi connectivity index (χ0v) is 14.7. The van der Waals surface area contributed by atoms with E-state index in [4.69, 9.17) is 0 Å². The first-order valence-electron chi connectivity index (χ1n) is 8.75. The molecular weight excluding hydrogens is 326 g/mol. The smallest absolute Gasteiger partial charge is 0.244 e. The van der Waals surface area contributed by atoms with E-state index in [-0.39, 0.29) is 16.7 Å². The third-order valence-electron chi connectivity index (χ3n) is 5.14. The van der Waals surface area contributed by atoms with Crippen molar-refractivity contribution in [1.82, 2.24) is 14.6 Å². The molecule has 1 aromatic heterocycles. The number of aromatic nitrogens is 1. The van der Waals surface area contributed by atoms with Crippen LogP contribution < -0.4 is 5.32 Å². The molecule has 1 N–H and O–H groups in total. The van der Waals surface area contributed by atoms with Crippen molar-refractivity contribution in [2.45, 2.75) is 43.4 Å². The van der Waals surface area contributed by atoms with Crippen molar-refractivity contribution >= 4 is 15.9 Å². The molecular formula is C17H25N3O3S. The molecule has 0 atom stereocenters. The molecule has 0 unspecified atom stereocenters. The van der Waals surface area contributed by atoms with E-state index in [1.54, 1.807) is 18.3 Å². The Bertz CT molecular complexity index is 649. The number of carbonyl (C=O) groups excluding carboxylic acids is 1. The first kappa shape index (κ1) is 17.4. The highest BCUT2D eigenvalue weighted by Crippen LogP contribution is 2.26. The average molecular weight is 351 g/mol. The fourth-order valence-electron chi connectivity index (χ4n) is 3.58. The molecule has 132 valence electrons. The molecule has 7 heteroatoms. The van der Waals surface area contributed by atoms with Crippen LogP contribution in [0.2, 0.25) is 0 Å². The molecule has 1 saturated heterocycles. The van der Waals surface area contributed by atoms with Gasteiger partial charge in [0, 0.05) is 37.9 Å². The molecule has 24 heavy (non-hydrogen) atoms. The lowest BCUT2D eigenvalue weighted by Gasteiger charge is -2.31. The number of piperidine rings is 1. The van der Waals surface area contributed by atoms with Gasteiger partial charge in [-0.25, -0.2) is 8.42 Å². The molecule has 0 spiro atoms. The number of amides is 1. The number of pyridine rings is 1. The molecule has 1 aromatic rings. The van der Waals surface area contributed by atoms with Crippen molar-refractivity contribution in [3.05, 3.63) is 24.5 Å². The average Bonchev–Trinajstić information content (AvgIpc) is 3.15. The maximum absolute atomic E-state index is 12.6. The molecule has 6 nitrogen and oxygen atoms in total. The fourth-order valence-corrected chi connectivity index (χ4v) is 5.01. The van der Waals surface area contributed by atoms with Gasteiger partial charge in [-0.1, -0.05) is 12.8 Å². The molecule has 1 saturated carbocycles. The second kappa shape index (κ2) is 7.61. The summed E-state index contributed by atoms with van der Waals surface area (Å²) in [5, 5.41) is 3.06. The van der Waals surface area contributed by atoms with Crippen molar-refractivity contribution in [2.75, 3.05) is 19.6 Å². The van der Waals surface area contributed by atoms with Gasteiger partial charge < -0.3 is 5.32 Å². The lowest BCUT2D eigenvalue weighted by Crippen LogP contribution is -2.42. The number of nitrogens with zero attached hydrogens (tertiary/aromatic N) is 2. The van der Waals surface area contributed by atoms with Gasteiger partial charge in [-0.05, 0) is 43.7 Å². The monoisotopic (exact) mass is 351 g/mol. The predicted octanol–water partition coefficient (Wildman–Crippen LogP) is 1.79. The zero-order chi connectivity index (χ0) is 17.0. The number of rotatable bonds is 5. The predicted molar refractivity (Wildman–Crippen MR) is 90.7 cm³/mol. The second-order valence-corrected chi connectivity index (χ2v) is 8.70. The summed E-state index contributed by atoms with van der Waals surface area (Å²) in [6, 6.07) is 3.22. The van der Waals surface area contributed by atoms with Crippen LogP contribution in [0.3, 0.4) is 0 Å². The van der Waals surface area contributed by atoms with Crippen LogP contribution in [0.15, 0.2) is 29.4 Å². The highest BCUT2D eigenvalue weighted by Gasteiger charge is 2.30. The maximum Gasteiger partial charge on any atom is 0.244 e. The Balaban J connectivity index is 1.48. The number of hydrogen-bond acceptors (Lipinski definition) is 4. The lowest BCUT2D eigenvalue weighted by molar-refractivity contribution is -0.125. The van der Waals surface area contributed by atoms with Crippen LogP contribution in [0.25, 0.3) is 0 Å². The fraction of sp³-hybridized carbons (Fsp3) is 0.647. The molecule has 0 radical (unpaired) electrons. The third kappa shape index (κ3) is 3.95.